The summed E-state index contributed by atoms with van der Waals surface area (Å²) in [6, 6.07) is 46.8. The number of nitrogens with zero attached hydrogens (tertiary/aromatic N) is 2. The van der Waals surface area contributed by atoms with Crippen molar-refractivity contribution < 1.29 is 4.42 Å². The molecule has 0 bridgehead atoms. The van der Waals surface area contributed by atoms with E-state index in [1.54, 1.807) is 0 Å². The molecule has 0 amide bonds. The molecule has 0 fully saturated rings. The SMILES string of the molecule is CC(C)(C)c1ccc(N2B3c4cc5c(cc4-n4c6cc7oc8ccccc8c7cc6c6ccc(c3c64)-c3cc4c(cc32)C(C)(C)CCC4(C)C)sc2ccccc25)cc1. The summed E-state index contributed by atoms with van der Waals surface area (Å²) in [5.41, 5.74) is 18.1. The van der Waals surface area contributed by atoms with E-state index in [9.17, 15) is 0 Å². The van der Waals surface area contributed by atoms with Crippen molar-refractivity contribution in [2.75, 3.05) is 4.81 Å². The fraction of sp³-hybridized carbons (Fsp3) is 0.222. The van der Waals surface area contributed by atoms with E-state index in [0.29, 0.717) is 0 Å². The minimum atomic E-state index is -0.0434. The summed E-state index contributed by atoms with van der Waals surface area (Å²) in [6.45, 7) is 16.7. The van der Waals surface area contributed by atoms with Crippen LogP contribution in [0.1, 0.15) is 78.0 Å². The molecule has 286 valence electrons. The lowest BCUT2D eigenvalue weighted by Gasteiger charge is -2.46. The van der Waals surface area contributed by atoms with E-state index in [1.165, 1.54) is 116 Å². The summed E-state index contributed by atoms with van der Waals surface area (Å²) >= 11 is 1.90. The maximum absolute atomic E-state index is 6.60. The number of benzene rings is 7. The molecule has 5 heteroatoms. The summed E-state index contributed by atoms with van der Waals surface area (Å²) in [5.74, 6) is 0. The van der Waals surface area contributed by atoms with Crippen LogP contribution in [-0.4, -0.2) is 11.4 Å². The van der Waals surface area contributed by atoms with Crippen molar-refractivity contribution in [3.05, 3.63) is 138 Å². The van der Waals surface area contributed by atoms with Crippen LogP contribution in [0, 0.1) is 0 Å². The average molecular weight is 781 g/mol. The average Bonchev–Trinajstić information content (AvgIpc) is 3.88. The standard InChI is InChI=1S/C54H45BN2OS/c1-52(2,3)30-16-18-31(19-17-30)57-44-27-41-40(53(4,5)22-23-54(41,6)7)25-37(44)34-20-21-35-36-24-38-32-12-8-10-14-46(32)58-47(38)28-43(36)56-45-29-49-39(33-13-9-11-15-48(33)59-49)26-42(45)55(57)50(34)51(35)56/h8-21,24-29H,22-23H2,1-7H3. The first-order chi connectivity index (χ1) is 28.4. The van der Waals surface area contributed by atoms with E-state index in [2.05, 4.69) is 179 Å². The third kappa shape index (κ3) is 4.44. The van der Waals surface area contributed by atoms with Gasteiger partial charge in [0, 0.05) is 70.4 Å². The number of fused-ring (bicyclic) bond motifs is 15. The molecular weight excluding hydrogens is 735 g/mol. The van der Waals surface area contributed by atoms with Gasteiger partial charge in [-0.2, -0.15) is 0 Å². The zero-order chi connectivity index (χ0) is 39.9. The van der Waals surface area contributed by atoms with E-state index in [0.717, 1.165) is 16.6 Å². The Balaban J connectivity index is 1.21. The summed E-state index contributed by atoms with van der Waals surface area (Å²) in [6.07, 6.45) is 2.36. The highest BCUT2D eigenvalue weighted by Crippen LogP contribution is 2.53. The Morgan fingerprint density at radius 2 is 1.32 bits per heavy atom. The first-order valence-electron chi connectivity index (χ1n) is 21.3. The molecule has 7 aromatic carbocycles. The molecule has 0 atom stereocenters. The molecule has 0 unspecified atom stereocenters. The summed E-state index contributed by atoms with van der Waals surface area (Å²) in [5, 5.41) is 7.56. The minimum Gasteiger partial charge on any atom is -0.456 e. The maximum Gasteiger partial charge on any atom is 0.333 e. The van der Waals surface area contributed by atoms with Crippen LogP contribution < -0.4 is 15.7 Å². The van der Waals surface area contributed by atoms with Gasteiger partial charge in [0.15, 0.2) is 0 Å². The molecule has 0 N–H and O–H groups in total. The Bertz CT molecular complexity index is 3500. The molecule has 13 rings (SSSR count). The number of thiophene rings is 1. The van der Waals surface area contributed by atoms with Crippen LogP contribution in [0.15, 0.2) is 126 Å². The Hall–Kier alpha value is -5.78. The quantitative estimate of drug-likeness (QED) is 0.155. The van der Waals surface area contributed by atoms with Gasteiger partial charge in [0.05, 0.1) is 11.0 Å². The topological polar surface area (TPSA) is 21.3 Å². The van der Waals surface area contributed by atoms with Crippen molar-refractivity contribution in [3.8, 4) is 16.8 Å². The van der Waals surface area contributed by atoms with Crippen LogP contribution in [0.5, 0.6) is 0 Å². The predicted octanol–water partition coefficient (Wildman–Crippen LogP) is 13.9. The molecule has 3 aliphatic rings. The fourth-order valence-corrected chi connectivity index (χ4v) is 12.4. The second-order valence-corrected chi connectivity index (χ2v) is 21.1. The van der Waals surface area contributed by atoms with Crippen molar-refractivity contribution >= 4 is 104 Å². The van der Waals surface area contributed by atoms with Gasteiger partial charge in [-0.15, -0.1) is 11.3 Å². The Labute approximate surface area is 349 Å². The first-order valence-corrected chi connectivity index (χ1v) is 22.1. The van der Waals surface area contributed by atoms with Gasteiger partial charge in [-0.25, -0.2) is 0 Å². The highest BCUT2D eigenvalue weighted by atomic mass is 32.1. The van der Waals surface area contributed by atoms with Crippen molar-refractivity contribution in [2.24, 2.45) is 0 Å². The molecule has 2 aliphatic heterocycles. The largest absolute Gasteiger partial charge is 0.456 e. The van der Waals surface area contributed by atoms with Crippen molar-refractivity contribution in [2.45, 2.75) is 77.6 Å². The molecule has 0 saturated heterocycles. The number of rotatable bonds is 1. The van der Waals surface area contributed by atoms with Gasteiger partial charge in [0.1, 0.15) is 11.2 Å². The number of furan rings is 1. The maximum atomic E-state index is 6.60. The van der Waals surface area contributed by atoms with Crippen molar-refractivity contribution in [3.63, 3.8) is 0 Å². The molecule has 3 aromatic heterocycles. The molecule has 59 heavy (non-hydrogen) atoms. The second-order valence-electron chi connectivity index (χ2n) is 20.0. The molecule has 3 nitrogen and oxygen atoms in total. The van der Waals surface area contributed by atoms with Crippen LogP contribution in [0.3, 0.4) is 0 Å². The highest BCUT2D eigenvalue weighted by molar-refractivity contribution is 7.25. The van der Waals surface area contributed by atoms with Crippen LogP contribution in [0.25, 0.3) is 80.7 Å². The van der Waals surface area contributed by atoms with E-state index in [1.807, 2.05) is 11.3 Å². The van der Waals surface area contributed by atoms with E-state index >= 15 is 0 Å². The van der Waals surface area contributed by atoms with Crippen LogP contribution in [-0.2, 0) is 16.2 Å². The van der Waals surface area contributed by atoms with Gasteiger partial charge in [-0.05, 0) is 111 Å². The second kappa shape index (κ2) is 11.1. The van der Waals surface area contributed by atoms with Gasteiger partial charge < -0.3 is 13.8 Å². The molecule has 0 saturated carbocycles. The number of para-hydroxylation sites is 1. The number of hydrogen-bond donors (Lipinski definition) is 0. The summed E-state index contributed by atoms with van der Waals surface area (Å²) in [7, 11) is 0. The smallest absolute Gasteiger partial charge is 0.333 e. The van der Waals surface area contributed by atoms with Crippen molar-refractivity contribution in [1.29, 1.82) is 0 Å². The zero-order valence-electron chi connectivity index (χ0n) is 34.7. The minimum absolute atomic E-state index is 0.0434. The zero-order valence-corrected chi connectivity index (χ0v) is 35.6. The van der Waals surface area contributed by atoms with E-state index in [-0.39, 0.29) is 23.1 Å². The van der Waals surface area contributed by atoms with Gasteiger partial charge in [0.2, 0.25) is 0 Å². The lowest BCUT2D eigenvalue weighted by Crippen LogP contribution is -2.60. The monoisotopic (exact) mass is 780 g/mol. The molecule has 10 aromatic rings. The molecular formula is C54H45BN2OS. The predicted molar refractivity (Wildman–Crippen MR) is 254 cm³/mol. The van der Waals surface area contributed by atoms with Crippen LogP contribution >= 0.6 is 11.3 Å². The van der Waals surface area contributed by atoms with Crippen LogP contribution in [0.4, 0.5) is 11.4 Å². The van der Waals surface area contributed by atoms with E-state index in [4.69, 9.17) is 4.42 Å². The first kappa shape index (κ1) is 34.1. The third-order valence-electron chi connectivity index (χ3n) is 14.6. The molecule has 0 radical (unpaired) electrons. The molecule has 5 heterocycles. The highest BCUT2D eigenvalue weighted by Gasteiger charge is 2.46. The van der Waals surface area contributed by atoms with Crippen LogP contribution in [0.2, 0.25) is 0 Å². The third-order valence-corrected chi connectivity index (χ3v) is 15.7. The Morgan fingerprint density at radius 3 is 2.10 bits per heavy atom. The van der Waals surface area contributed by atoms with Gasteiger partial charge in [0.25, 0.3) is 0 Å². The van der Waals surface area contributed by atoms with E-state index < -0.39 is 0 Å². The molecule has 0 spiro atoms. The lowest BCUT2D eigenvalue weighted by molar-refractivity contribution is 0.332. The number of aromatic nitrogens is 1. The summed E-state index contributed by atoms with van der Waals surface area (Å²) < 4.78 is 11.9. The Kier molecular flexibility index (Phi) is 6.41. The normalized spacial score (nSPS) is 16.5. The van der Waals surface area contributed by atoms with Crippen molar-refractivity contribution in [1.82, 2.24) is 4.57 Å². The number of anilines is 2. The molecule has 1 aliphatic carbocycles. The lowest BCUT2D eigenvalue weighted by atomic mass is 9.43. The van der Waals surface area contributed by atoms with Gasteiger partial charge >= 0.3 is 6.85 Å². The summed E-state index contributed by atoms with van der Waals surface area (Å²) in [4.78, 5) is 2.72. The van der Waals surface area contributed by atoms with Gasteiger partial charge in [-0.3, -0.25) is 0 Å². The fourth-order valence-electron chi connectivity index (χ4n) is 11.3. The number of hydrogen-bond acceptors (Lipinski definition) is 3. The Morgan fingerprint density at radius 1 is 0.593 bits per heavy atom. The van der Waals surface area contributed by atoms with Gasteiger partial charge in [-0.1, -0.05) is 115 Å².